The minimum absolute atomic E-state index is 0.0265. The summed E-state index contributed by atoms with van der Waals surface area (Å²) >= 11 is 13.3. The van der Waals surface area contributed by atoms with Gasteiger partial charge in [-0.15, -0.1) is 0 Å². The second-order valence-electron chi connectivity index (χ2n) is 6.09. The Balaban J connectivity index is 1.62. The monoisotopic (exact) mass is 399 g/mol. The Morgan fingerprint density at radius 3 is 2.80 bits per heavy atom. The first kappa shape index (κ1) is 18.3. The number of thiazole rings is 1. The number of hydrogen-bond acceptors (Lipinski definition) is 5. The van der Waals surface area contributed by atoms with Crippen LogP contribution in [-0.2, 0) is 11.2 Å². The van der Waals surface area contributed by atoms with Gasteiger partial charge in [-0.1, -0.05) is 53.8 Å². The summed E-state index contributed by atoms with van der Waals surface area (Å²) in [4.78, 5) is 16.9. The van der Waals surface area contributed by atoms with Crippen molar-refractivity contribution in [1.29, 1.82) is 0 Å². The van der Waals surface area contributed by atoms with Crippen LogP contribution in [0.15, 0.2) is 18.2 Å². The number of halogens is 2. The third-order valence-electron chi connectivity index (χ3n) is 4.13. The summed E-state index contributed by atoms with van der Waals surface area (Å²) in [7, 11) is 0. The summed E-state index contributed by atoms with van der Waals surface area (Å²) in [6.45, 7) is 0. The first-order chi connectivity index (χ1) is 12.0. The lowest BCUT2D eigenvalue weighted by Crippen LogP contribution is -2.21. The predicted molar refractivity (Wildman–Crippen MR) is 103 cm³/mol. The molecule has 2 aromatic rings. The van der Waals surface area contributed by atoms with E-state index in [9.17, 15) is 9.90 Å². The second kappa shape index (κ2) is 8.25. The van der Waals surface area contributed by atoms with Gasteiger partial charge in [0.1, 0.15) is 0 Å². The highest BCUT2D eigenvalue weighted by Crippen LogP contribution is 2.31. The number of rotatable bonds is 5. The van der Waals surface area contributed by atoms with Gasteiger partial charge in [-0.2, -0.15) is 4.98 Å². The van der Waals surface area contributed by atoms with Crippen LogP contribution >= 0.6 is 34.5 Å². The van der Waals surface area contributed by atoms with Crippen molar-refractivity contribution in [1.82, 2.24) is 4.98 Å². The number of anilines is 2. The molecule has 8 heteroatoms. The molecule has 1 saturated carbocycles. The number of aromatic nitrogens is 1. The summed E-state index contributed by atoms with van der Waals surface area (Å²) in [6, 6.07) is 5.25. The van der Waals surface area contributed by atoms with Crippen molar-refractivity contribution in [3.05, 3.63) is 33.1 Å². The maximum Gasteiger partial charge on any atom is 0.229 e. The Hall–Kier alpha value is -1.50. The van der Waals surface area contributed by atoms with Gasteiger partial charge in [-0.25, -0.2) is 0 Å². The van der Waals surface area contributed by atoms with E-state index in [2.05, 4.69) is 15.6 Å². The molecule has 25 heavy (non-hydrogen) atoms. The maximum atomic E-state index is 12.2. The molecule has 1 aromatic carbocycles. The lowest BCUT2D eigenvalue weighted by atomic mass is 9.96. The average Bonchev–Trinajstić information content (AvgIpc) is 2.91. The second-order valence-corrected chi connectivity index (χ2v) is 8.02. The van der Waals surface area contributed by atoms with E-state index >= 15 is 0 Å². The van der Waals surface area contributed by atoms with Crippen LogP contribution in [0.2, 0.25) is 10.0 Å². The highest BCUT2D eigenvalue weighted by atomic mass is 35.5. The average molecular weight is 400 g/mol. The number of amides is 1. The molecule has 0 unspecified atom stereocenters. The van der Waals surface area contributed by atoms with Gasteiger partial charge in [0.2, 0.25) is 11.8 Å². The van der Waals surface area contributed by atoms with Crippen LogP contribution in [0.4, 0.5) is 10.8 Å². The fraction of sp³-hybridized carbons (Fsp3) is 0.412. The third kappa shape index (κ3) is 5.00. The summed E-state index contributed by atoms with van der Waals surface area (Å²) < 4.78 is 0. The molecule has 5 nitrogen and oxygen atoms in total. The molecule has 0 radical (unpaired) electrons. The number of nitrogens with zero attached hydrogens (tertiary/aromatic N) is 1. The van der Waals surface area contributed by atoms with Crippen molar-refractivity contribution < 1.29 is 9.90 Å². The van der Waals surface area contributed by atoms with Crippen LogP contribution in [-0.4, -0.2) is 22.0 Å². The topological polar surface area (TPSA) is 74.2 Å². The Morgan fingerprint density at radius 2 is 2.04 bits per heavy atom. The van der Waals surface area contributed by atoms with Gasteiger partial charge < -0.3 is 15.7 Å². The minimum atomic E-state index is -0.285. The highest BCUT2D eigenvalue weighted by molar-refractivity contribution is 7.16. The Morgan fingerprint density at radius 1 is 1.28 bits per heavy atom. The predicted octanol–water partition coefficient (Wildman–Crippen LogP) is 5.08. The van der Waals surface area contributed by atoms with Crippen molar-refractivity contribution in [3.63, 3.8) is 0 Å². The first-order valence-corrected chi connectivity index (χ1v) is 9.78. The number of hydrogen-bond donors (Lipinski definition) is 3. The molecule has 1 heterocycles. The van der Waals surface area contributed by atoms with Crippen LogP contribution in [0, 0.1) is 0 Å². The van der Waals surface area contributed by atoms with Gasteiger partial charge in [-0.3, -0.25) is 4.79 Å². The number of aromatic hydroxyl groups is 1. The molecule has 0 aliphatic heterocycles. The molecule has 1 aliphatic rings. The number of carbonyl (C=O) groups excluding carboxylic acids is 1. The molecule has 3 rings (SSSR count). The van der Waals surface area contributed by atoms with Gasteiger partial charge in [0, 0.05) is 11.1 Å². The highest BCUT2D eigenvalue weighted by Gasteiger charge is 2.18. The largest absolute Gasteiger partial charge is 0.492 e. The number of carbonyl (C=O) groups is 1. The van der Waals surface area contributed by atoms with Gasteiger partial charge >= 0.3 is 0 Å². The van der Waals surface area contributed by atoms with Crippen molar-refractivity contribution in [2.45, 2.75) is 44.6 Å². The van der Waals surface area contributed by atoms with E-state index in [1.54, 1.807) is 18.2 Å². The van der Waals surface area contributed by atoms with E-state index in [0.29, 0.717) is 31.8 Å². The molecule has 3 N–H and O–H groups in total. The lowest BCUT2D eigenvalue weighted by Gasteiger charge is -2.22. The van der Waals surface area contributed by atoms with Crippen molar-refractivity contribution >= 4 is 51.3 Å². The zero-order chi connectivity index (χ0) is 17.8. The van der Waals surface area contributed by atoms with E-state index < -0.39 is 0 Å². The molecule has 1 fully saturated rings. The molecule has 1 aliphatic carbocycles. The van der Waals surface area contributed by atoms with E-state index in [1.165, 1.54) is 30.6 Å². The third-order valence-corrected chi connectivity index (χ3v) is 5.67. The Labute approximate surface area is 160 Å². The van der Waals surface area contributed by atoms with Crippen LogP contribution in [0.5, 0.6) is 5.88 Å². The zero-order valence-electron chi connectivity index (χ0n) is 13.5. The van der Waals surface area contributed by atoms with Crippen molar-refractivity contribution in [2.24, 2.45) is 0 Å². The fourth-order valence-corrected chi connectivity index (χ4v) is 4.14. The summed E-state index contributed by atoms with van der Waals surface area (Å²) in [5, 5.41) is 17.6. The van der Waals surface area contributed by atoms with E-state index in [-0.39, 0.29) is 18.2 Å². The van der Waals surface area contributed by atoms with Crippen molar-refractivity contribution in [2.75, 3.05) is 10.6 Å². The molecule has 0 spiro atoms. The van der Waals surface area contributed by atoms with Crippen molar-refractivity contribution in [3.8, 4) is 5.88 Å². The standard InChI is InChI=1S/C17H19Cl2N3O2S/c18-10-6-7-12(19)13(8-10)21-15(23)9-14-16(24)22-17(25-14)20-11-4-2-1-3-5-11/h6-8,11,24H,1-5,9H2,(H,20,22)(H,21,23). The molecule has 0 bridgehead atoms. The van der Waals surface area contributed by atoms with Crippen LogP contribution in [0.3, 0.4) is 0 Å². The van der Waals surface area contributed by atoms with Crippen LogP contribution in [0.1, 0.15) is 37.0 Å². The van der Waals surface area contributed by atoms with Gasteiger partial charge in [0.05, 0.1) is 22.0 Å². The summed E-state index contributed by atoms with van der Waals surface area (Å²) in [5.74, 6) is -0.386. The molecular formula is C17H19Cl2N3O2S. The normalized spacial score (nSPS) is 15.1. The zero-order valence-corrected chi connectivity index (χ0v) is 15.8. The van der Waals surface area contributed by atoms with Gasteiger partial charge in [-0.05, 0) is 31.0 Å². The van der Waals surface area contributed by atoms with Gasteiger partial charge in [0.15, 0.2) is 5.13 Å². The number of benzene rings is 1. The quantitative estimate of drug-likeness (QED) is 0.654. The fourth-order valence-electron chi connectivity index (χ4n) is 2.88. The van der Waals surface area contributed by atoms with E-state index in [4.69, 9.17) is 23.2 Å². The summed E-state index contributed by atoms with van der Waals surface area (Å²) in [6.07, 6.45) is 5.96. The SMILES string of the molecule is O=C(Cc1sc(NC2CCCCC2)nc1O)Nc1cc(Cl)ccc1Cl. The Bertz CT molecular complexity index is 760. The summed E-state index contributed by atoms with van der Waals surface area (Å²) in [5.41, 5.74) is 0.448. The van der Waals surface area contributed by atoms with Crippen LogP contribution < -0.4 is 10.6 Å². The molecule has 0 saturated heterocycles. The maximum absolute atomic E-state index is 12.2. The molecule has 1 aromatic heterocycles. The van der Waals surface area contributed by atoms with E-state index in [1.807, 2.05) is 0 Å². The smallest absolute Gasteiger partial charge is 0.229 e. The minimum Gasteiger partial charge on any atom is -0.492 e. The number of nitrogens with one attached hydrogen (secondary N) is 2. The Kier molecular flexibility index (Phi) is 6.04. The molecule has 134 valence electrons. The molecular weight excluding hydrogens is 381 g/mol. The van der Waals surface area contributed by atoms with E-state index in [0.717, 1.165) is 12.8 Å². The molecule has 0 atom stereocenters. The van der Waals surface area contributed by atoms with Crippen LogP contribution in [0.25, 0.3) is 0 Å². The molecule has 1 amide bonds. The first-order valence-electron chi connectivity index (χ1n) is 8.21. The lowest BCUT2D eigenvalue weighted by molar-refractivity contribution is -0.115. The van der Waals surface area contributed by atoms with Gasteiger partial charge in [0.25, 0.3) is 0 Å².